The topological polar surface area (TPSA) is 23.6 Å². The molecule has 0 radical (unpaired) electrons. The Morgan fingerprint density at radius 1 is 1.43 bits per heavy atom. The molecule has 1 unspecified atom stereocenters. The van der Waals surface area contributed by atoms with Crippen LogP contribution in [0.15, 0.2) is 0 Å². The second-order valence-corrected chi connectivity index (χ2v) is 4.84. The van der Waals surface area contributed by atoms with E-state index in [1.54, 1.807) is 0 Å². The average molecular weight is 196 g/mol. The van der Waals surface area contributed by atoms with E-state index in [2.05, 4.69) is 11.8 Å². The van der Waals surface area contributed by atoms with Crippen molar-refractivity contribution in [2.45, 2.75) is 32.2 Å². The third-order valence-electron chi connectivity index (χ3n) is 3.68. The molecule has 2 aliphatic rings. The second-order valence-electron chi connectivity index (χ2n) is 4.84. The van der Waals surface area contributed by atoms with Gasteiger partial charge in [0, 0.05) is 26.2 Å². The number of piperazine rings is 1. The quantitative estimate of drug-likeness (QED) is 0.656. The van der Waals surface area contributed by atoms with Crippen molar-refractivity contribution in [2.75, 3.05) is 26.7 Å². The van der Waals surface area contributed by atoms with E-state index in [0.717, 1.165) is 19.0 Å². The lowest BCUT2D eigenvalue weighted by molar-refractivity contribution is -0.137. The molecule has 0 bridgehead atoms. The van der Waals surface area contributed by atoms with E-state index in [4.69, 9.17) is 0 Å². The zero-order valence-electron chi connectivity index (χ0n) is 9.20. The van der Waals surface area contributed by atoms with Gasteiger partial charge in [-0.1, -0.05) is 6.42 Å². The van der Waals surface area contributed by atoms with Gasteiger partial charge in [-0.3, -0.25) is 9.69 Å². The maximum Gasteiger partial charge on any atom is 0.236 e. The highest BCUT2D eigenvalue weighted by Crippen LogP contribution is 2.27. The number of hydrogen-bond donors (Lipinski definition) is 0. The molecule has 3 nitrogen and oxygen atoms in total. The van der Waals surface area contributed by atoms with Crippen molar-refractivity contribution in [2.24, 2.45) is 5.92 Å². The largest absolute Gasteiger partial charge is 0.341 e. The van der Waals surface area contributed by atoms with E-state index in [0.29, 0.717) is 12.6 Å². The van der Waals surface area contributed by atoms with Gasteiger partial charge in [-0.05, 0) is 25.7 Å². The number of nitrogens with zero attached hydrogens (tertiary/aromatic N) is 2. The van der Waals surface area contributed by atoms with Crippen LogP contribution in [0.4, 0.5) is 0 Å². The molecule has 2 rings (SSSR count). The molecule has 0 aromatic carbocycles. The molecule has 1 heterocycles. The van der Waals surface area contributed by atoms with Crippen molar-refractivity contribution in [3.05, 3.63) is 0 Å². The van der Waals surface area contributed by atoms with Gasteiger partial charge in [-0.25, -0.2) is 0 Å². The van der Waals surface area contributed by atoms with Crippen LogP contribution < -0.4 is 0 Å². The Bertz CT molecular complexity index is 223. The third-order valence-corrected chi connectivity index (χ3v) is 3.68. The third kappa shape index (κ3) is 1.92. The van der Waals surface area contributed by atoms with E-state index >= 15 is 0 Å². The number of rotatable bonds is 2. The zero-order valence-corrected chi connectivity index (χ0v) is 9.20. The molecule has 80 valence electrons. The molecule has 2 fully saturated rings. The maximum absolute atomic E-state index is 11.6. The number of amides is 1. The Hall–Kier alpha value is -0.570. The van der Waals surface area contributed by atoms with Crippen molar-refractivity contribution in [3.63, 3.8) is 0 Å². The molecule has 0 spiro atoms. The summed E-state index contributed by atoms with van der Waals surface area (Å²) >= 11 is 0. The van der Waals surface area contributed by atoms with Crippen molar-refractivity contribution in [1.29, 1.82) is 0 Å². The first-order valence-corrected chi connectivity index (χ1v) is 5.65. The minimum absolute atomic E-state index is 0.281. The fraction of sp³-hybridized carbons (Fsp3) is 0.909. The van der Waals surface area contributed by atoms with Crippen LogP contribution in [0.5, 0.6) is 0 Å². The van der Waals surface area contributed by atoms with Crippen molar-refractivity contribution < 1.29 is 4.79 Å². The normalized spacial score (nSPS) is 30.6. The van der Waals surface area contributed by atoms with Crippen LogP contribution in [0, 0.1) is 5.92 Å². The van der Waals surface area contributed by atoms with Crippen LogP contribution >= 0.6 is 0 Å². The molecule has 1 saturated carbocycles. The van der Waals surface area contributed by atoms with Gasteiger partial charge < -0.3 is 4.90 Å². The Morgan fingerprint density at radius 2 is 2.14 bits per heavy atom. The molecule has 0 aromatic heterocycles. The van der Waals surface area contributed by atoms with Crippen molar-refractivity contribution >= 4 is 5.91 Å². The SMILES string of the molecule is CC1CN(CC2CCC2)CC(=O)N1C. The highest BCUT2D eigenvalue weighted by atomic mass is 16.2. The van der Waals surface area contributed by atoms with E-state index in [9.17, 15) is 4.79 Å². The molecule has 1 saturated heterocycles. The van der Waals surface area contributed by atoms with Crippen LogP contribution in [0.3, 0.4) is 0 Å². The molecular formula is C11H20N2O. The first-order valence-electron chi connectivity index (χ1n) is 5.65. The highest BCUT2D eigenvalue weighted by Gasteiger charge is 2.29. The molecule has 1 aliphatic carbocycles. The zero-order chi connectivity index (χ0) is 10.1. The molecule has 3 heteroatoms. The summed E-state index contributed by atoms with van der Waals surface area (Å²) in [6.07, 6.45) is 4.13. The van der Waals surface area contributed by atoms with Crippen LogP contribution in [0.2, 0.25) is 0 Å². The lowest BCUT2D eigenvalue weighted by Crippen LogP contribution is -2.54. The summed E-state index contributed by atoms with van der Waals surface area (Å²) in [6, 6.07) is 0.385. The predicted octanol–water partition coefficient (Wildman–Crippen LogP) is 0.949. The minimum atomic E-state index is 0.281. The van der Waals surface area contributed by atoms with Crippen molar-refractivity contribution in [3.8, 4) is 0 Å². The minimum Gasteiger partial charge on any atom is -0.341 e. The van der Waals surface area contributed by atoms with E-state index in [-0.39, 0.29) is 5.91 Å². The Morgan fingerprint density at radius 3 is 2.64 bits per heavy atom. The van der Waals surface area contributed by atoms with E-state index < -0.39 is 0 Å². The molecule has 1 aliphatic heterocycles. The van der Waals surface area contributed by atoms with Gasteiger partial charge in [0.2, 0.25) is 5.91 Å². The summed E-state index contributed by atoms with van der Waals surface area (Å²) in [6.45, 7) is 4.96. The summed E-state index contributed by atoms with van der Waals surface area (Å²) in [5.41, 5.74) is 0. The highest BCUT2D eigenvalue weighted by molar-refractivity contribution is 5.79. The fourth-order valence-electron chi connectivity index (χ4n) is 2.29. The van der Waals surface area contributed by atoms with Crippen LogP contribution in [-0.2, 0) is 4.79 Å². The van der Waals surface area contributed by atoms with Crippen molar-refractivity contribution in [1.82, 2.24) is 9.80 Å². The second kappa shape index (κ2) is 3.89. The van der Waals surface area contributed by atoms with Crippen LogP contribution in [0.1, 0.15) is 26.2 Å². The molecule has 14 heavy (non-hydrogen) atoms. The average Bonchev–Trinajstić information content (AvgIpc) is 2.07. The number of carbonyl (C=O) groups excluding carboxylic acids is 1. The molecule has 1 amide bonds. The molecule has 0 N–H and O–H groups in total. The summed E-state index contributed by atoms with van der Waals surface area (Å²) in [4.78, 5) is 15.8. The van der Waals surface area contributed by atoms with Crippen LogP contribution in [0.25, 0.3) is 0 Å². The van der Waals surface area contributed by atoms with E-state index in [1.807, 2.05) is 11.9 Å². The predicted molar refractivity (Wildman–Crippen MR) is 56.0 cm³/mol. The van der Waals surface area contributed by atoms with Gasteiger partial charge in [0.25, 0.3) is 0 Å². The van der Waals surface area contributed by atoms with Crippen LogP contribution in [-0.4, -0.2) is 48.4 Å². The molecule has 0 aromatic rings. The van der Waals surface area contributed by atoms with Gasteiger partial charge in [-0.15, -0.1) is 0 Å². The monoisotopic (exact) mass is 196 g/mol. The standard InChI is InChI=1S/C11H20N2O/c1-9-6-13(7-10-4-3-5-10)8-11(14)12(9)2/h9-10H,3-8H2,1-2H3. The Kier molecular flexibility index (Phi) is 2.77. The smallest absolute Gasteiger partial charge is 0.236 e. The summed E-state index contributed by atoms with van der Waals surface area (Å²) in [5, 5.41) is 0. The van der Waals surface area contributed by atoms with Gasteiger partial charge in [0.15, 0.2) is 0 Å². The fourth-order valence-corrected chi connectivity index (χ4v) is 2.29. The lowest BCUT2D eigenvalue weighted by atomic mass is 9.85. The maximum atomic E-state index is 11.6. The van der Waals surface area contributed by atoms with Gasteiger partial charge in [0.05, 0.1) is 6.54 Å². The lowest BCUT2D eigenvalue weighted by Gasteiger charge is -2.40. The number of hydrogen-bond acceptors (Lipinski definition) is 2. The number of likely N-dealkylation sites (N-methyl/N-ethyl adjacent to an activating group) is 1. The molecule has 1 atom stereocenters. The summed E-state index contributed by atoms with van der Waals surface area (Å²) < 4.78 is 0. The van der Waals surface area contributed by atoms with Gasteiger partial charge in [0.1, 0.15) is 0 Å². The number of carbonyl (C=O) groups is 1. The van der Waals surface area contributed by atoms with Gasteiger partial charge in [-0.2, -0.15) is 0 Å². The van der Waals surface area contributed by atoms with E-state index in [1.165, 1.54) is 19.3 Å². The van der Waals surface area contributed by atoms with Gasteiger partial charge >= 0.3 is 0 Å². The first kappa shape index (κ1) is 9.97. The Labute approximate surface area is 86.1 Å². The molecular weight excluding hydrogens is 176 g/mol. The summed E-state index contributed by atoms with van der Waals surface area (Å²) in [7, 11) is 1.91. The first-order chi connectivity index (χ1) is 6.66. The Balaban J connectivity index is 1.85. The summed E-state index contributed by atoms with van der Waals surface area (Å²) in [5.74, 6) is 1.15.